The fourth-order valence-corrected chi connectivity index (χ4v) is 2.39. The standard InChI is InChI=1S/C13H17BrO/c1-13(2,14)12-9-8-11(15-12)10-6-4-3-5-7-10/h3-7,11-12H,8-9H2,1-2H3/t11-,12-/m1/s1. The Balaban J connectivity index is 2.05. The van der Waals surface area contributed by atoms with Gasteiger partial charge in [-0.15, -0.1) is 0 Å². The predicted octanol–water partition coefficient (Wildman–Crippen LogP) is 4.08. The Kier molecular flexibility index (Phi) is 3.17. The van der Waals surface area contributed by atoms with Crippen LogP contribution in [-0.4, -0.2) is 10.4 Å². The maximum Gasteiger partial charge on any atom is 0.0830 e. The van der Waals surface area contributed by atoms with Crippen molar-refractivity contribution < 1.29 is 4.74 Å². The number of halogens is 1. The number of ether oxygens (including phenoxy) is 1. The lowest BCUT2D eigenvalue weighted by molar-refractivity contribution is 0.0298. The summed E-state index contributed by atoms with van der Waals surface area (Å²) < 4.78 is 6.14. The van der Waals surface area contributed by atoms with Crippen LogP contribution in [0.25, 0.3) is 0 Å². The zero-order valence-electron chi connectivity index (χ0n) is 9.24. The van der Waals surface area contributed by atoms with Crippen LogP contribution in [0.15, 0.2) is 30.3 Å². The van der Waals surface area contributed by atoms with Crippen molar-refractivity contribution in [2.45, 2.75) is 43.2 Å². The highest BCUT2D eigenvalue weighted by Gasteiger charge is 2.35. The van der Waals surface area contributed by atoms with Crippen LogP contribution in [0.3, 0.4) is 0 Å². The second-order valence-electron chi connectivity index (χ2n) is 4.67. The molecule has 2 rings (SSSR count). The summed E-state index contributed by atoms with van der Waals surface area (Å²) in [7, 11) is 0. The quantitative estimate of drug-likeness (QED) is 0.735. The molecule has 1 saturated heterocycles. The second-order valence-corrected chi connectivity index (χ2v) is 6.71. The van der Waals surface area contributed by atoms with Crippen molar-refractivity contribution in [3.05, 3.63) is 35.9 Å². The van der Waals surface area contributed by atoms with Crippen molar-refractivity contribution in [1.82, 2.24) is 0 Å². The molecule has 1 aromatic carbocycles. The molecule has 2 atom stereocenters. The van der Waals surface area contributed by atoms with Gasteiger partial charge in [-0.3, -0.25) is 0 Å². The molecule has 0 bridgehead atoms. The van der Waals surface area contributed by atoms with E-state index in [9.17, 15) is 0 Å². The molecule has 0 N–H and O–H groups in total. The molecule has 0 saturated carbocycles. The summed E-state index contributed by atoms with van der Waals surface area (Å²) >= 11 is 3.68. The fraction of sp³-hybridized carbons (Fsp3) is 0.538. The minimum atomic E-state index is 0.0799. The molecule has 1 nitrogen and oxygen atoms in total. The monoisotopic (exact) mass is 268 g/mol. The fourth-order valence-electron chi connectivity index (χ4n) is 2.06. The molecule has 1 aliphatic heterocycles. The molecule has 0 aliphatic carbocycles. The van der Waals surface area contributed by atoms with Crippen molar-refractivity contribution in [2.24, 2.45) is 0 Å². The van der Waals surface area contributed by atoms with Gasteiger partial charge in [0.1, 0.15) is 0 Å². The molecule has 1 fully saturated rings. The minimum Gasteiger partial charge on any atom is -0.369 e. The first-order valence-electron chi connectivity index (χ1n) is 5.46. The summed E-state index contributed by atoms with van der Waals surface area (Å²) in [5.74, 6) is 0. The van der Waals surface area contributed by atoms with E-state index in [4.69, 9.17) is 4.74 Å². The maximum atomic E-state index is 6.07. The Bertz CT molecular complexity index is 315. The lowest BCUT2D eigenvalue weighted by atomic mass is 10.0. The van der Waals surface area contributed by atoms with Crippen LogP contribution in [0.5, 0.6) is 0 Å². The average molecular weight is 269 g/mol. The first kappa shape index (κ1) is 11.2. The highest BCUT2D eigenvalue weighted by molar-refractivity contribution is 9.10. The second kappa shape index (κ2) is 4.26. The van der Waals surface area contributed by atoms with Crippen LogP contribution < -0.4 is 0 Å². The molecule has 2 heteroatoms. The number of rotatable bonds is 2. The third-order valence-electron chi connectivity index (χ3n) is 2.96. The van der Waals surface area contributed by atoms with Crippen LogP contribution in [0.1, 0.15) is 38.4 Å². The van der Waals surface area contributed by atoms with Gasteiger partial charge < -0.3 is 4.74 Å². The summed E-state index contributed by atoms with van der Waals surface area (Å²) in [6, 6.07) is 10.5. The van der Waals surface area contributed by atoms with Crippen molar-refractivity contribution in [3.8, 4) is 0 Å². The third kappa shape index (κ3) is 2.61. The van der Waals surface area contributed by atoms with Crippen LogP contribution in [0, 0.1) is 0 Å². The average Bonchev–Trinajstić information content (AvgIpc) is 2.67. The molecule has 0 spiro atoms. The maximum absolute atomic E-state index is 6.07. The highest BCUT2D eigenvalue weighted by Crippen LogP contribution is 2.39. The predicted molar refractivity (Wildman–Crippen MR) is 66.3 cm³/mol. The Hall–Kier alpha value is -0.340. The molecular weight excluding hydrogens is 252 g/mol. The number of hydrogen-bond acceptors (Lipinski definition) is 1. The van der Waals surface area contributed by atoms with E-state index >= 15 is 0 Å². The van der Waals surface area contributed by atoms with Gasteiger partial charge in [0.2, 0.25) is 0 Å². The summed E-state index contributed by atoms with van der Waals surface area (Å²) in [6.07, 6.45) is 2.87. The Labute approximate surface area is 100.0 Å². The lowest BCUT2D eigenvalue weighted by Crippen LogP contribution is -2.28. The Morgan fingerprint density at radius 3 is 2.40 bits per heavy atom. The van der Waals surface area contributed by atoms with Crippen LogP contribution >= 0.6 is 15.9 Å². The number of benzene rings is 1. The molecular formula is C13H17BrO. The van der Waals surface area contributed by atoms with Crippen molar-refractivity contribution in [1.29, 1.82) is 0 Å². The van der Waals surface area contributed by atoms with Gasteiger partial charge in [-0.1, -0.05) is 46.3 Å². The SMILES string of the molecule is CC(C)(Br)[C@H]1CC[C@H](c2ccccc2)O1. The van der Waals surface area contributed by atoms with E-state index in [1.165, 1.54) is 5.56 Å². The molecule has 0 amide bonds. The van der Waals surface area contributed by atoms with Crippen LogP contribution in [-0.2, 0) is 4.74 Å². The van der Waals surface area contributed by atoms with Gasteiger partial charge in [0.05, 0.1) is 12.2 Å². The largest absolute Gasteiger partial charge is 0.369 e. The van der Waals surface area contributed by atoms with Gasteiger partial charge in [0, 0.05) is 4.32 Å². The van der Waals surface area contributed by atoms with E-state index in [1.807, 2.05) is 6.07 Å². The van der Waals surface area contributed by atoms with Gasteiger partial charge in [0.25, 0.3) is 0 Å². The Morgan fingerprint density at radius 2 is 1.87 bits per heavy atom. The van der Waals surface area contributed by atoms with Crippen LogP contribution in [0.4, 0.5) is 0 Å². The van der Waals surface area contributed by atoms with Crippen molar-refractivity contribution in [2.75, 3.05) is 0 Å². The third-order valence-corrected chi connectivity index (χ3v) is 3.47. The topological polar surface area (TPSA) is 9.23 Å². The molecule has 0 aromatic heterocycles. The summed E-state index contributed by atoms with van der Waals surface area (Å²) in [4.78, 5) is 0. The molecule has 1 heterocycles. The summed E-state index contributed by atoms with van der Waals surface area (Å²) in [5.41, 5.74) is 1.30. The first-order valence-corrected chi connectivity index (χ1v) is 6.26. The van der Waals surface area contributed by atoms with Gasteiger partial charge in [-0.25, -0.2) is 0 Å². The number of alkyl halides is 1. The van der Waals surface area contributed by atoms with Gasteiger partial charge in [-0.2, -0.15) is 0 Å². The molecule has 0 radical (unpaired) electrons. The zero-order chi connectivity index (χ0) is 10.9. The molecule has 1 aliphatic rings. The van der Waals surface area contributed by atoms with E-state index in [0.717, 1.165) is 12.8 Å². The van der Waals surface area contributed by atoms with Crippen LogP contribution in [0.2, 0.25) is 0 Å². The molecule has 0 unspecified atom stereocenters. The molecule has 82 valence electrons. The lowest BCUT2D eigenvalue weighted by Gasteiger charge is -2.25. The normalized spacial score (nSPS) is 26.9. The van der Waals surface area contributed by atoms with Crippen molar-refractivity contribution >= 4 is 15.9 Å². The highest BCUT2D eigenvalue weighted by atomic mass is 79.9. The Morgan fingerprint density at radius 1 is 1.20 bits per heavy atom. The van der Waals surface area contributed by atoms with Gasteiger partial charge in [0.15, 0.2) is 0 Å². The summed E-state index contributed by atoms with van der Waals surface area (Å²) in [6.45, 7) is 4.34. The first-order chi connectivity index (χ1) is 7.07. The van der Waals surface area contributed by atoms with E-state index < -0.39 is 0 Å². The molecule has 1 aromatic rings. The van der Waals surface area contributed by atoms with Crippen molar-refractivity contribution in [3.63, 3.8) is 0 Å². The van der Waals surface area contributed by atoms with E-state index in [1.54, 1.807) is 0 Å². The van der Waals surface area contributed by atoms with E-state index in [0.29, 0.717) is 6.10 Å². The smallest absolute Gasteiger partial charge is 0.0830 e. The molecule has 15 heavy (non-hydrogen) atoms. The summed E-state index contributed by atoms with van der Waals surface area (Å²) in [5, 5.41) is 0. The van der Waals surface area contributed by atoms with Gasteiger partial charge in [-0.05, 0) is 32.3 Å². The minimum absolute atomic E-state index is 0.0799. The zero-order valence-corrected chi connectivity index (χ0v) is 10.8. The van der Waals surface area contributed by atoms with Gasteiger partial charge >= 0.3 is 0 Å². The number of hydrogen-bond donors (Lipinski definition) is 0. The van der Waals surface area contributed by atoms with E-state index in [-0.39, 0.29) is 10.4 Å². The van der Waals surface area contributed by atoms with E-state index in [2.05, 4.69) is 54.0 Å².